The number of alkyl halides is 6. The normalized spacial score (nSPS) is 49.6. The lowest BCUT2D eigenvalue weighted by atomic mass is 9.68. The molecule has 4 bridgehead atoms. The van der Waals surface area contributed by atoms with E-state index in [0.29, 0.717) is 10.0 Å². The SMILES string of the molecule is Clc1c(Cl)c(Cl)c2c(c1Cl)[C@H]1C[C@@H]2C2C1[C@]1(Cl)C(Cl)C(Cl)[C@@]2(Cl)C1(Cl)Cl. The molecule has 142 valence electrons. The van der Waals surface area contributed by atoms with Gasteiger partial charge in [0.15, 0.2) is 4.33 Å². The molecule has 10 heteroatoms. The molecule has 0 aromatic heterocycles. The minimum absolute atomic E-state index is 0.0693. The van der Waals surface area contributed by atoms with Crippen molar-refractivity contribution in [1.82, 2.24) is 0 Å². The number of halogens is 10. The minimum Gasteiger partial charge on any atom is -0.119 e. The number of rotatable bonds is 0. The van der Waals surface area contributed by atoms with Crippen LogP contribution in [0, 0.1) is 11.8 Å². The van der Waals surface area contributed by atoms with Crippen LogP contribution in [0.2, 0.25) is 20.1 Å². The molecule has 5 rings (SSSR count). The molecule has 1 aromatic rings. The smallest absolute Gasteiger partial charge is 0.119 e. The van der Waals surface area contributed by atoms with Crippen LogP contribution in [-0.2, 0) is 0 Å². The van der Waals surface area contributed by atoms with Crippen LogP contribution in [0.15, 0.2) is 0 Å². The highest BCUT2D eigenvalue weighted by atomic mass is 35.5. The van der Waals surface area contributed by atoms with Crippen molar-refractivity contribution in [1.29, 1.82) is 0 Å². The zero-order valence-corrected chi connectivity index (χ0v) is 20.0. The fraction of sp³-hybridized carbons (Fsp3) is 0.625. The predicted octanol–water partition coefficient (Wildman–Crippen LogP) is 8.49. The highest BCUT2D eigenvalue weighted by Gasteiger charge is 2.89. The lowest BCUT2D eigenvalue weighted by Gasteiger charge is -2.45. The third-order valence-electron chi connectivity index (χ3n) is 6.84. The van der Waals surface area contributed by atoms with Crippen molar-refractivity contribution in [2.24, 2.45) is 11.8 Å². The van der Waals surface area contributed by atoms with Crippen molar-refractivity contribution >= 4 is 116 Å². The van der Waals surface area contributed by atoms with Crippen molar-refractivity contribution < 1.29 is 0 Å². The van der Waals surface area contributed by atoms with Crippen LogP contribution in [-0.4, -0.2) is 24.8 Å². The van der Waals surface area contributed by atoms with Gasteiger partial charge in [0, 0.05) is 0 Å². The Morgan fingerprint density at radius 1 is 0.615 bits per heavy atom. The summed E-state index contributed by atoms with van der Waals surface area (Å²) >= 11 is 66.5. The summed E-state index contributed by atoms with van der Waals surface area (Å²) in [5.41, 5.74) is 1.70. The van der Waals surface area contributed by atoms with E-state index in [-0.39, 0.29) is 33.7 Å². The molecule has 0 heterocycles. The predicted molar refractivity (Wildman–Crippen MR) is 114 cm³/mol. The molecular formula is C16H8Cl10. The number of hydrogen-bond acceptors (Lipinski definition) is 0. The lowest BCUT2D eigenvalue weighted by molar-refractivity contribution is 0.251. The van der Waals surface area contributed by atoms with Gasteiger partial charge in [-0.1, -0.05) is 69.6 Å². The summed E-state index contributed by atoms with van der Waals surface area (Å²) < 4.78 is -1.51. The maximum atomic E-state index is 7.05. The Morgan fingerprint density at radius 3 is 1.31 bits per heavy atom. The van der Waals surface area contributed by atoms with E-state index in [1.807, 2.05) is 0 Å². The Balaban J connectivity index is 1.81. The third-order valence-corrected chi connectivity index (χ3v) is 13.4. The van der Waals surface area contributed by atoms with Crippen LogP contribution >= 0.6 is 116 Å². The second-order valence-electron chi connectivity index (χ2n) is 7.50. The van der Waals surface area contributed by atoms with E-state index in [1.54, 1.807) is 0 Å². The first kappa shape index (κ1) is 20.0. The molecule has 4 aliphatic rings. The molecule has 26 heavy (non-hydrogen) atoms. The van der Waals surface area contributed by atoms with Crippen LogP contribution in [0.4, 0.5) is 0 Å². The second kappa shape index (κ2) is 5.67. The molecule has 0 N–H and O–H groups in total. The van der Waals surface area contributed by atoms with Crippen LogP contribution in [0.25, 0.3) is 0 Å². The average Bonchev–Trinajstić information content (AvgIpc) is 3.22. The van der Waals surface area contributed by atoms with Crippen LogP contribution in [0.3, 0.4) is 0 Å². The van der Waals surface area contributed by atoms with E-state index in [4.69, 9.17) is 116 Å². The van der Waals surface area contributed by atoms with E-state index in [1.165, 1.54) is 0 Å². The largest absolute Gasteiger partial charge is 0.159 e. The van der Waals surface area contributed by atoms with Crippen LogP contribution in [0.1, 0.15) is 29.4 Å². The maximum absolute atomic E-state index is 7.05. The van der Waals surface area contributed by atoms with E-state index >= 15 is 0 Å². The molecule has 8 atom stereocenters. The monoisotopic (exact) mass is 550 g/mol. The van der Waals surface area contributed by atoms with Crippen molar-refractivity contribution in [2.45, 2.75) is 43.1 Å². The summed E-state index contributed by atoms with van der Waals surface area (Å²) in [4.78, 5) is -2.40. The standard InChI is InChI=1S/C16H8Cl10/c17-8-4-2-1-3(5(4)9(18)11(20)10(8)19)7-6(2)14(23)12(21)13(22)15(7,24)16(14,25)26/h2-3,6-7,12-13H,1H2/t2-,3+,6?,7?,12?,13?,14+,15-. The van der Waals surface area contributed by atoms with Crippen molar-refractivity contribution in [2.75, 3.05) is 0 Å². The molecule has 0 nitrogen and oxygen atoms in total. The summed E-state index contributed by atoms with van der Waals surface area (Å²) in [5, 5.41) is -0.156. The van der Waals surface area contributed by atoms with Gasteiger partial charge in [0.1, 0.15) is 9.75 Å². The van der Waals surface area contributed by atoms with E-state index in [0.717, 1.165) is 17.5 Å². The first-order chi connectivity index (χ1) is 11.9. The second-order valence-corrected chi connectivity index (χ2v) is 12.5. The van der Waals surface area contributed by atoms with Crippen LogP contribution in [0.5, 0.6) is 0 Å². The maximum Gasteiger partial charge on any atom is 0.159 e. The summed E-state index contributed by atoms with van der Waals surface area (Å²) in [7, 11) is 0. The quantitative estimate of drug-likeness (QED) is 0.131. The highest BCUT2D eigenvalue weighted by molar-refractivity contribution is 6.63. The molecule has 0 spiro atoms. The molecule has 4 aliphatic carbocycles. The van der Waals surface area contributed by atoms with Gasteiger partial charge in [0.2, 0.25) is 0 Å². The Morgan fingerprint density at radius 2 is 0.962 bits per heavy atom. The Kier molecular flexibility index (Phi) is 4.37. The summed E-state index contributed by atoms with van der Waals surface area (Å²) in [6, 6.07) is 0. The van der Waals surface area contributed by atoms with Gasteiger partial charge in [-0.25, -0.2) is 0 Å². The van der Waals surface area contributed by atoms with Gasteiger partial charge < -0.3 is 0 Å². The van der Waals surface area contributed by atoms with Crippen molar-refractivity contribution in [3.05, 3.63) is 31.2 Å². The Bertz CT molecular complexity index is 800. The molecule has 3 fully saturated rings. The molecule has 4 unspecified atom stereocenters. The van der Waals surface area contributed by atoms with Crippen molar-refractivity contribution in [3.63, 3.8) is 0 Å². The topological polar surface area (TPSA) is 0 Å². The summed E-state index contributed by atoms with van der Waals surface area (Å²) in [6.45, 7) is 0. The van der Waals surface area contributed by atoms with Gasteiger partial charge in [-0.15, -0.1) is 46.4 Å². The lowest BCUT2D eigenvalue weighted by Crippen LogP contribution is -2.51. The molecule has 1 aromatic carbocycles. The molecule has 0 saturated heterocycles. The minimum atomic E-state index is -1.51. The first-order valence-corrected chi connectivity index (χ1v) is 11.7. The fourth-order valence-electron chi connectivity index (χ4n) is 6.01. The van der Waals surface area contributed by atoms with Crippen LogP contribution < -0.4 is 0 Å². The number of fused-ring (bicyclic) bond motifs is 12. The molecule has 0 amide bonds. The fourth-order valence-corrected chi connectivity index (χ4v) is 10.7. The number of hydrogen-bond donors (Lipinski definition) is 0. The Hall–Kier alpha value is 2.12. The van der Waals surface area contributed by atoms with Gasteiger partial charge in [-0.2, -0.15) is 0 Å². The van der Waals surface area contributed by atoms with Gasteiger partial charge in [0.25, 0.3) is 0 Å². The molecular weight excluding hydrogens is 547 g/mol. The first-order valence-electron chi connectivity index (χ1n) is 7.83. The summed E-state index contributed by atoms with van der Waals surface area (Å²) in [5.74, 6) is -0.532. The third kappa shape index (κ3) is 1.78. The summed E-state index contributed by atoms with van der Waals surface area (Å²) in [6.07, 6.45) is 0.751. The molecule has 3 saturated carbocycles. The molecule has 0 radical (unpaired) electrons. The van der Waals surface area contributed by atoms with E-state index in [2.05, 4.69) is 0 Å². The van der Waals surface area contributed by atoms with Gasteiger partial charge in [0.05, 0.1) is 30.8 Å². The van der Waals surface area contributed by atoms with Gasteiger partial charge in [-0.3, -0.25) is 0 Å². The number of benzene rings is 1. The zero-order chi connectivity index (χ0) is 19.1. The van der Waals surface area contributed by atoms with Crippen molar-refractivity contribution in [3.8, 4) is 0 Å². The van der Waals surface area contributed by atoms with Gasteiger partial charge >= 0.3 is 0 Å². The van der Waals surface area contributed by atoms with E-state index < -0.39 is 24.8 Å². The Labute approximate surface area is 200 Å². The van der Waals surface area contributed by atoms with Gasteiger partial charge in [-0.05, 0) is 41.2 Å². The van der Waals surface area contributed by atoms with E-state index in [9.17, 15) is 0 Å². The molecule has 0 aliphatic heterocycles. The average molecular weight is 555 g/mol. The highest BCUT2D eigenvalue weighted by Crippen LogP contribution is 2.84. The zero-order valence-electron chi connectivity index (χ0n) is 12.5.